The van der Waals surface area contributed by atoms with Gasteiger partial charge in [0.1, 0.15) is 11.7 Å². The van der Waals surface area contributed by atoms with Crippen LogP contribution >= 0.6 is 0 Å². The van der Waals surface area contributed by atoms with Crippen LogP contribution in [-0.4, -0.2) is 70.0 Å². The van der Waals surface area contributed by atoms with Gasteiger partial charge in [0.05, 0.1) is 18.3 Å². The summed E-state index contributed by atoms with van der Waals surface area (Å²) in [6.45, 7) is 18.0. The van der Waals surface area contributed by atoms with Gasteiger partial charge in [-0.3, -0.25) is 4.99 Å². The number of hydrogen-bond acceptors (Lipinski definition) is 8. The Hall–Kier alpha value is -2.10. The number of esters is 1. The number of rotatable bonds is 1. The third kappa shape index (κ3) is 6.44. The van der Waals surface area contributed by atoms with E-state index in [0.29, 0.717) is 49.5 Å². The zero-order valence-electron chi connectivity index (χ0n) is 31.4. The van der Waals surface area contributed by atoms with Crippen LogP contribution in [0.15, 0.2) is 51.6 Å². The van der Waals surface area contributed by atoms with Crippen LogP contribution in [0.2, 0.25) is 0 Å². The number of fused-ring (bicyclic) bond motifs is 2. The zero-order chi connectivity index (χ0) is 35.6. The zero-order valence-corrected chi connectivity index (χ0v) is 31.4. The summed E-state index contributed by atoms with van der Waals surface area (Å²) < 4.78 is 26.1. The molecule has 7 aliphatic rings. The number of nitrogens with zero attached hydrogens (tertiary/aromatic N) is 1. The summed E-state index contributed by atoms with van der Waals surface area (Å²) in [5, 5.41) is 23.4. The van der Waals surface area contributed by atoms with Crippen molar-refractivity contribution < 1.29 is 34.0 Å². The van der Waals surface area contributed by atoms with Gasteiger partial charge in [-0.05, 0) is 121 Å². The second-order valence-corrected chi connectivity index (χ2v) is 17.5. The SMILES string of the molecule is C=C1CCCC2=NC[C@H](C)[C@@H](C)C[C@@]23CCC(C2C=C(C)C(=O)O2)=C(C)[C@@H]3/C=C(\C)[C@@H](O)C[C@H]2CC[C@@]3(CC[C@@]4(O[C@@H](CC[C@@]4(C)O)C1)O3)O2. The van der Waals surface area contributed by atoms with Gasteiger partial charge >= 0.3 is 5.97 Å². The predicted molar refractivity (Wildman–Crippen MR) is 193 cm³/mol. The molecule has 0 amide bonds. The number of carbonyl (C=O) groups is 1. The van der Waals surface area contributed by atoms with Crippen molar-refractivity contribution in [3.8, 4) is 0 Å². The van der Waals surface area contributed by atoms with E-state index in [4.69, 9.17) is 23.9 Å². The van der Waals surface area contributed by atoms with E-state index >= 15 is 0 Å². The Balaban J connectivity index is 1.27. The van der Waals surface area contributed by atoms with Gasteiger partial charge in [-0.2, -0.15) is 0 Å². The van der Waals surface area contributed by atoms with Crippen LogP contribution in [0.1, 0.15) is 131 Å². The highest BCUT2D eigenvalue weighted by molar-refractivity contribution is 5.92. The molecule has 6 heterocycles. The number of carbonyl (C=O) groups excluding carboxylic acids is 1. The van der Waals surface area contributed by atoms with Crippen molar-refractivity contribution >= 4 is 11.7 Å². The van der Waals surface area contributed by atoms with Gasteiger partial charge in [0.25, 0.3) is 0 Å². The van der Waals surface area contributed by atoms with Crippen molar-refractivity contribution in [3.05, 3.63) is 46.6 Å². The minimum atomic E-state index is -1.11. The lowest BCUT2D eigenvalue weighted by Crippen LogP contribution is -2.60. The van der Waals surface area contributed by atoms with E-state index in [1.165, 1.54) is 22.4 Å². The number of aliphatic hydroxyl groups is 2. The summed E-state index contributed by atoms with van der Waals surface area (Å²) >= 11 is 0. The Morgan fingerprint density at radius 2 is 1.72 bits per heavy atom. The molecule has 2 N–H and O–H groups in total. The van der Waals surface area contributed by atoms with Gasteiger partial charge in [-0.15, -0.1) is 0 Å². The van der Waals surface area contributed by atoms with Gasteiger partial charge in [0.2, 0.25) is 5.79 Å². The van der Waals surface area contributed by atoms with E-state index in [9.17, 15) is 15.0 Å². The average molecular weight is 692 g/mol. The lowest BCUT2D eigenvalue weighted by molar-refractivity contribution is -0.387. The third-order valence-electron chi connectivity index (χ3n) is 14.0. The summed E-state index contributed by atoms with van der Waals surface area (Å²) in [6.07, 6.45) is 14.0. The molecule has 276 valence electrons. The molecule has 0 saturated carbocycles. The Bertz CT molecular complexity index is 1510. The highest BCUT2D eigenvalue weighted by Crippen LogP contribution is 2.56. The van der Waals surface area contributed by atoms with E-state index < -0.39 is 23.3 Å². The number of hydrogen-bond donors (Lipinski definition) is 2. The molecule has 0 aromatic rings. The van der Waals surface area contributed by atoms with Crippen LogP contribution < -0.4 is 0 Å². The maximum atomic E-state index is 12.5. The Kier molecular flexibility index (Phi) is 9.71. The highest BCUT2D eigenvalue weighted by Gasteiger charge is 2.64. The lowest BCUT2D eigenvalue weighted by Gasteiger charge is -2.49. The molecule has 3 fully saturated rings. The first kappa shape index (κ1) is 36.3. The van der Waals surface area contributed by atoms with Crippen molar-refractivity contribution in [2.75, 3.05) is 6.54 Å². The monoisotopic (exact) mass is 691 g/mol. The number of aliphatic imine (C=N–C) groups is 1. The van der Waals surface area contributed by atoms with Gasteiger partial charge in [0, 0.05) is 54.8 Å². The molecule has 4 bridgehead atoms. The van der Waals surface area contributed by atoms with Crippen LogP contribution in [0.5, 0.6) is 0 Å². The molecular weight excluding hydrogens is 630 g/mol. The summed E-state index contributed by atoms with van der Waals surface area (Å²) in [4.78, 5) is 18.0. The molecule has 11 atom stereocenters. The molecule has 1 aliphatic carbocycles. The fourth-order valence-corrected chi connectivity index (χ4v) is 10.5. The number of aliphatic hydroxyl groups excluding tert-OH is 1. The maximum absolute atomic E-state index is 12.5. The van der Waals surface area contributed by atoms with E-state index in [1.54, 1.807) is 0 Å². The van der Waals surface area contributed by atoms with E-state index in [1.807, 2.05) is 19.9 Å². The maximum Gasteiger partial charge on any atom is 0.334 e. The molecule has 50 heavy (non-hydrogen) atoms. The molecule has 7 rings (SSSR count). The first-order valence-corrected chi connectivity index (χ1v) is 19.6. The minimum Gasteiger partial charge on any atom is -0.450 e. The van der Waals surface area contributed by atoms with Gasteiger partial charge in [-0.1, -0.05) is 37.6 Å². The van der Waals surface area contributed by atoms with Crippen LogP contribution in [0.25, 0.3) is 0 Å². The average Bonchev–Trinajstić information content (AvgIpc) is 3.71. The van der Waals surface area contributed by atoms with Gasteiger partial charge in [0.15, 0.2) is 5.79 Å². The minimum absolute atomic E-state index is 0.0226. The van der Waals surface area contributed by atoms with E-state index in [-0.39, 0.29) is 35.6 Å². The van der Waals surface area contributed by atoms with Crippen LogP contribution in [0.4, 0.5) is 0 Å². The van der Waals surface area contributed by atoms with Crippen molar-refractivity contribution in [1.82, 2.24) is 0 Å². The number of ether oxygens (including phenoxy) is 4. The second-order valence-electron chi connectivity index (χ2n) is 17.5. The molecule has 0 radical (unpaired) electrons. The third-order valence-corrected chi connectivity index (χ3v) is 14.0. The standard InChI is InChI=1S/C42H61NO7/c1-25-9-8-10-37-40(23-28(4)29(5)24-43-37)15-13-33(36-21-27(3)38(45)47-36)30(6)34(40)20-26(2)35(44)22-32-12-16-41(48-32)17-18-42(50-41)39(7,46)14-11-31(19-25)49-42/h20-21,28-29,31-32,34-36,44,46H,1,8-19,22-24H2,2-7H3/b26-20+/t28-,29-,31-,32+,34-,35-,36?,39+,40+,41+,42+/m0/s1. The van der Waals surface area contributed by atoms with E-state index in [2.05, 4.69) is 40.3 Å². The Labute approximate surface area is 299 Å². The largest absolute Gasteiger partial charge is 0.450 e. The molecule has 8 nitrogen and oxygen atoms in total. The fourth-order valence-electron chi connectivity index (χ4n) is 10.5. The van der Waals surface area contributed by atoms with Crippen LogP contribution in [-0.2, 0) is 23.7 Å². The molecule has 3 saturated heterocycles. The summed E-state index contributed by atoms with van der Waals surface area (Å²) in [6, 6.07) is 0. The van der Waals surface area contributed by atoms with Crippen molar-refractivity contribution in [2.45, 2.75) is 173 Å². The Morgan fingerprint density at radius 1 is 0.940 bits per heavy atom. The van der Waals surface area contributed by atoms with Gasteiger partial charge < -0.3 is 29.2 Å². The Morgan fingerprint density at radius 3 is 2.48 bits per heavy atom. The summed E-state index contributed by atoms with van der Waals surface area (Å²) in [7, 11) is 0. The molecule has 3 spiro atoms. The van der Waals surface area contributed by atoms with Crippen molar-refractivity contribution in [3.63, 3.8) is 0 Å². The first-order chi connectivity index (χ1) is 23.6. The molecule has 8 heteroatoms. The van der Waals surface area contributed by atoms with Crippen molar-refractivity contribution in [2.24, 2.45) is 28.2 Å². The number of cyclic esters (lactones) is 1. The summed E-state index contributed by atoms with van der Waals surface area (Å²) in [5.74, 6) is -1.16. The molecule has 0 aromatic carbocycles. The lowest BCUT2D eigenvalue weighted by atomic mass is 9.56. The molecule has 1 unspecified atom stereocenters. The van der Waals surface area contributed by atoms with Crippen LogP contribution in [0, 0.1) is 23.2 Å². The second kappa shape index (κ2) is 13.4. The summed E-state index contributed by atoms with van der Waals surface area (Å²) in [5.41, 5.74) is 5.21. The van der Waals surface area contributed by atoms with Crippen molar-refractivity contribution in [1.29, 1.82) is 0 Å². The normalized spacial score (nSPS) is 47.0. The quantitative estimate of drug-likeness (QED) is 0.213. The van der Waals surface area contributed by atoms with E-state index in [0.717, 1.165) is 69.9 Å². The molecule has 0 aromatic heterocycles. The fraction of sp³-hybridized carbons (Fsp3) is 0.762. The number of allylic oxidation sites excluding steroid dienone is 2. The van der Waals surface area contributed by atoms with Crippen LogP contribution in [0.3, 0.4) is 0 Å². The molecule has 6 aliphatic heterocycles. The van der Waals surface area contributed by atoms with Gasteiger partial charge in [-0.25, -0.2) is 4.79 Å². The topological polar surface area (TPSA) is 107 Å². The smallest absolute Gasteiger partial charge is 0.334 e. The first-order valence-electron chi connectivity index (χ1n) is 19.6. The highest BCUT2D eigenvalue weighted by atomic mass is 16.8. The predicted octanol–water partition coefficient (Wildman–Crippen LogP) is 7.83. The molecular formula is C42H61NO7.